The number of aromatic nitrogens is 3. The van der Waals surface area contributed by atoms with Gasteiger partial charge in [-0.25, -0.2) is 4.98 Å². The number of carbonyl (C=O) groups excluding carboxylic acids is 1. The van der Waals surface area contributed by atoms with Crippen LogP contribution < -0.4 is 10.1 Å². The third-order valence-corrected chi connectivity index (χ3v) is 5.44. The number of anilines is 1. The molecule has 1 amide bonds. The van der Waals surface area contributed by atoms with Crippen LogP contribution >= 0.6 is 23.1 Å². The second-order valence-electron chi connectivity index (χ2n) is 5.89. The summed E-state index contributed by atoms with van der Waals surface area (Å²) in [5.74, 6) is 1.06. The van der Waals surface area contributed by atoms with Gasteiger partial charge in [0, 0.05) is 0 Å². The molecule has 0 spiro atoms. The maximum Gasteiger partial charge on any atom is 0.277 e. The average Bonchev–Trinajstić information content (AvgIpc) is 3.31. The van der Waals surface area contributed by atoms with Crippen LogP contribution in [0.3, 0.4) is 0 Å². The number of thiazole rings is 1. The topological polar surface area (TPSA) is 90.1 Å². The number of nitrogens with one attached hydrogen (secondary N) is 1. The van der Waals surface area contributed by atoms with Gasteiger partial charge in [-0.1, -0.05) is 47.4 Å². The zero-order valence-electron chi connectivity index (χ0n) is 14.9. The van der Waals surface area contributed by atoms with E-state index in [0.29, 0.717) is 16.2 Å². The predicted octanol–water partition coefficient (Wildman–Crippen LogP) is 4.30. The molecule has 7 nitrogen and oxygen atoms in total. The Kier molecular flexibility index (Phi) is 5.54. The average molecular weight is 412 g/mol. The fourth-order valence-electron chi connectivity index (χ4n) is 2.41. The summed E-state index contributed by atoms with van der Waals surface area (Å²) in [5.41, 5.74) is 1.98. The minimum absolute atomic E-state index is 0.149. The summed E-state index contributed by atoms with van der Waals surface area (Å²) in [6, 6.07) is 15.4. The smallest absolute Gasteiger partial charge is 0.277 e. The molecule has 2 aromatic carbocycles. The van der Waals surface area contributed by atoms with Gasteiger partial charge in [0.05, 0.1) is 16.0 Å². The number of hydrogen-bond donors (Lipinski definition) is 1. The van der Waals surface area contributed by atoms with Gasteiger partial charge in [0.25, 0.3) is 11.1 Å². The number of hydrogen-bond acceptors (Lipinski definition) is 8. The highest BCUT2D eigenvalue weighted by atomic mass is 32.2. The Morgan fingerprint density at radius 2 is 2.11 bits per heavy atom. The minimum atomic E-state index is -0.181. The highest BCUT2D eigenvalue weighted by molar-refractivity contribution is 7.99. The fraction of sp³-hybridized carbons (Fsp3) is 0.158. The maximum absolute atomic E-state index is 12.1. The third kappa shape index (κ3) is 4.68. The first-order valence-corrected chi connectivity index (χ1v) is 10.3. The van der Waals surface area contributed by atoms with Gasteiger partial charge in [-0.2, -0.15) is 0 Å². The molecule has 0 saturated carbocycles. The molecule has 0 saturated heterocycles. The van der Waals surface area contributed by atoms with Crippen molar-refractivity contribution >= 4 is 44.4 Å². The number of ether oxygens (including phenoxy) is 1. The fourth-order valence-corrected chi connectivity index (χ4v) is 3.88. The Morgan fingerprint density at radius 1 is 1.21 bits per heavy atom. The van der Waals surface area contributed by atoms with Gasteiger partial charge < -0.3 is 14.5 Å². The number of para-hydroxylation sites is 1. The standard InChI is InChI=1S/C19H16N4O3S2/c1-12-5-4-6-13(9-12)25-10-17-22-23-19(26-17)27-11-16(24)21-18-20-14-7-2-3-8-15(14)28-18/h2-9H,10-11H2,1H3,(H,20,21,24). The molecule has 2 heterocycles. The lowest BCUT2D eigenvalue weighted by atomic mass is 10.2. The highest BCUT2D eigenvalue weighted by Gasteiger charge is 2.12. The molecular formula is C19H16N4O3S2. The Bertz CT molecular complexity index is 1080. The van der Waals surface area contributed by atoms with Crippen molar-refractivity contribution in [3.63, 3.8) is 0 Å². The van der Waals surface area contributed by atoms with Crippen molar-refractivity contribution in [1.29, 1.82) is 0 Å². The van der Waals surface area contributed by atoms with Gasteiger partial charge in [-0.05, 0) is 36.8 Å². The Labute approximate surface area is 169 Å². The number of rotatable bonds is 7. The van der Waals surface area contributed by atoms with Crippen molar-refractivity contribution in [3.8, 4) is 5.75 Å². The number of thioether (sulfide) groups is 1. The molecule has 4 aromatic rings. The number of aryl methyl sites for hydroxylation is 1. The minimum Gasteiger partial charge on any atom is -0.484 e. The molecule has 0 aliphatic carbocycles. The largest absolute Gasteiger partial charge is 0.484 e. The number of benzene rings is 2. The van der Waals surface area contributed by atoms with Crippen molar-refractivity contribution in [1.82, 2.24) is 15.2 Å². The molecule has 4 rings (SSSR count). The molecule has 0 unspecified atom stereocenters. The summed E-state index contributed by atoms with van der Waals surface area (Å²) in [6.07, 6.45) is 0. The van der Waals surface area contributed by atoms with E-state index < -0.39 is 0 Å². The van der Waals surface area contributed by atoms with Gasteiger partial charge in [0.1, 0.15) is 5.75 Å². The zero-order chi connectivity index (χ0) is 19.3. The quantitative estimate of drug-likeness (QED) is 0.453. The van der Waals surface area contributed by atoms with Crippen LogP contribution in [0.25, 0.3) is 10.2 Å². The first-order chi connectivity index (χ1) is 13.7. The van der Waals surface area contributed by atoms with Crippen LogP contribution in [0.4, 0.5) is 5.13 Å². The number of amides is 1. The maximum atomic E-state index is 12.1. The number of nitrogens with zero attached hydrogens (tertiary/aromatic N) is 3. The van der Waals surface area contributed by atoms with Crippen molar-refractivity contribution in [3.05, 3.63) is 60.0 Å². The van der Waals surface area contributed by atoms with E-state index in [4.69, 9.17) is 9.15 Å². The molecule has 1 N–H and O–H groups in total. The van der Waals surface area contributed by atoms with Crippen LogP contribution in [-0.4, -0.2) is 26.8 Å². The van der Waals surface area contributed by atoms with E-state index in [-0.39, 0.29) is 18.3 Å². The van der Waals surface area contributed by atoms with E-state index >= 15 is 0 Å². The second kappa shape index (κ2) is 8.41. The second-order valence-corrected chi connectivity index (χ2v) is 7.85. The third-order valence-electron chi connectivity index (χ3n) is 3.67. The molecule has 0 radical (unpaired) electrons. The summed E-state index contributed by atoms with van der Waals surface area (Å²) >= 11 is 2.61. The lowest BCUT2D eigenvalue weighted by Crippen LogP contribution is -2.13. The van der Waals surface area contributed by atoms with Crippen molar-refractivity contribution in [2.75, 3.05) is 11.1 Å². The molecule has 0 aliphatic heterocycles. The summed E-state index contributed by atoms with van der Waals surface area (Å²) in [5, 5.41) is 11.6. The van der Waals surface area contributed by atoms with Crippen molar-refractivity contribution in [2.24, 2.45) is 0 Å². The van der Waals surface area contributed by atoms with Crippen molar-refractivity contribution in [2.45, 2.75) is 18.8 Å². The van der Waals surface area contributed by atoms with Crippen LogP contribution in [0.15, 0.2) is 58.2 Å². The van der Waals surface area contributed by atoms with Gasteiger partial charge in [0.15, 0.2) is 11.7 Å². The monoisotopic (exact) mass is 412 g/mol. The van der Waals surface area contributed by atoms with E-state index in [0.717, 1.165) is 21.5 Å². The van der Waals surface area contributed by atoms with Gasteiger partial charge >= 0.3 is 0 Å². The Balaban J connectivity index is 1.27. The molecule has 0 aliphatic rings. The molecule has 0 fully saturated rings. The Hall–Kier alpha value is -2.91. The van der Waals surface area contributed by atoms with Gasteiger partial charge in [-0.3, -0.25) is 4.79 Å². The van der Waals surface area contributed by atoms with E-state index in [1.807, 2.05) is 55.5 Å². The molecule has 142 valence electrons. The summed E-state index contributed by atoms with van der Waals surface area (Å²) in [7, 11) is 0. The van der Waals surface area contributed by atoms with Gasteiger partial charge in [0.2, 0.25) is 5.91 Å². The SMILES string of the molecule is Cc1cccc(OCc2nnc(SCC(=O)Nc3nc4ccccc4s3)o2)c1. The van der Waals surface area contributed by atoms with E-state index in [1.54, 1.807) is 0 Å². The Morgan fingerprint density at radius 3 is 2.96 bits per heavy atom. The summed E-state index contributed by atoms with van der Waals surface area (Å²) in [6.45, 7) is 2.17. The molecular weight excluding hydrogens is 396 g/mol. The van der Waals surface area contributed by atoms with Crippen LogP contribution in [0.1, 0.15) is 11.5 Å². The molecule has 2 aromatic heterocycles. The number of fused-ring (bicyclic) bond motifs is 1. The molecule has 0 bridgehead atoms. The van der Waals surface area contributed by atoms with Crippen LogP contribution in [0, 0.1) is 6.92 Å². The first kappa shape index (κ1) is 18.5. The highest BCUT2D eigenvalue weighted by Crippen LogP contribution is 2.26. The lowest BCUT2D eigenvalue weighted by molar-refractivity contribution is -0.113. The van der Waals surface area contributed by atoms with Crippen LogP contribution in [0.5, 0.6) is 5.75 Å². The summed E-state index contributed by atoms with van der Waals surface area (Å²) < 4.78 is 12.2. The predicted molar refractivity (Wildman–Crippen MR) is 109 cm³/mol. The molecule has 0 atom stereocenters. The lowest BCUT2D eigenvalue weighted by Gasteiger charge is -2.03. The van der Waals surface area contributed by atoms with Crippen LogP contribution in [-0.2, 0) is 11.4 Å². The van der Waals surface area contributed by atoms with Gasteiger partial charge in [-0.15, -0.1) is 10.2 Å². The van der Waals surface area contributed by atoms with E-state index in [1.165, 1.54) is 23.1 Å². The zero-order valence-corrected chi connectivity index (χ0v) is 16.5. The normalized spacial score (nSPS) is 10.9. The number of carbonyl (C=O) groups is 1. The molecule has 28 heavy (non-hydrogen) atoms. The van der Waals surface area contributed by atoms with Crippen molar-refractivity contribution < 1.29 is 13.9 Å². The van der Waals surface area contributed by atoms with Crippen LogP contribution in [0.2, 0.25) is 0 Å². The molecule has 9 heteroatoms. The van der Waals surface area contributed by atoms with E-state index in [9.17, 15) is 4.79 Å². The van der Waals surface area contributed by atoms with E-state index in [2.05, 4.69) is 20.5 Å². The first-order valence-electron chi connectivity index (χ1n) is 8.46. The summed E-state index contributed by atoms with van der Waals surface area (Å²) in [4.78, 5) is 16.5.